The third-order valence-corrected chi connectivity index (χ3v) is 0.786. The van der Waals surface area contributed by atoms with Crippen LogP contribution in [0.5, 0.6) is 0 Å². The van der Waals surface area contributed by atoms with Crippen molar-refractivity contribution in [3.63, 3.8) is 0 Å². The van der Waals surface area contributed by atoms with Gasteiger partial charge in [0.15, 0.2) is 0 Å². The largest absolute Gasteiger partial charge is 0.516 e. The van der Waals surface area contributed by atoms with Gasteiger partial charge in [-0.15, -0.1) is 0 Å². The van der Waals surface area contributed by atoms with Gasteiger partial charge >= 0.3 is 0 Å². The number of hydrogen-bond donors (Lipinski definition) is 3. The molecule has 0 saturated heterocycles. The van der Waals surface area contributed by atoms with Crippen molar-refractivity contribution in [1.29, 1.82) is 0 Å². The topological polar surface area (TPSA) is 66.5 Å². The van der Waals surface area contributed by atoms with Crippen LogP contribution in [0, 0.1) is 0 Å². The number of nitrogens with two attached hydrogens (primary N) is 1. The zero-order valence-corrected chi connectivity index (χ0v) is 4.62. The molecule has 0 aromatic carbocycles. The van der Waals surface area contributed by atoms with E-state index in [1.807, 2.05) is 0 Å². The molecule has 0 aliphatic carbocycles. The van der Waals surface area contributed by atoms with Crippen LogP contribution in [-0.2, 0) is 0 Å². The molecule has 0 amide bonds. The number of hydrogen-bond acceptors (Lipinski definition) is 3. The fourth-order valence-corrected chi connectivity index (χ4v) is 0.314. The van der Waals surface area contributed by atoms with Crippen LogP contribution in [0.1, 0.15) is 6.42 Å². The van der Waals surface area contributed by atoms with Crippen molar-refractivity contribution in [1.82, 2.24) is 0 Å². The van der Waals surface area contributed by atoms with E-state index in [4.69, 9.17) is 15.9 Å². The Morgan fingerprint density at radius 1 is 1.62 bits per heavy atom. The normalized spacial score (nSPS) is 14.8. The maximum Gasteiger partial charge on any atom is 0.0752 e. The summed E-state index contributed by atoms with van der Waals surface area (Å²) in [5.74, 6) is 0. The fourth-order valence-electron chi connectivity index (χ4n) is 0.314. The summed E-state index contributed by atoms with van der Waals surface area (Å²) in [7, 11) is 0. The van der Waals surface area contributed by atoms with Crippen LogP contribution < -0.4 is 5.73 Å². The lowest BCUT2D eigenvalue weighted by Crippen LogP contribution is -2.18. The van der Waals surface area contributed by atoms with Crippen molar-refractivity contribution in [3.05, 3.63) is 12.3 Å². The minimum Gasteiger partial charge on any atom is -0.516 e. The molecule has 1 unspecified atom stereocenters. The van der Waals surface area contributed by atoms with Gasteiger partial charge in [0.1, 0.15) is 0 Å². The quantitative estimate of drug-likeness (QED) is 0.447. The second kappa shape index (κ2) is 4.61. The van der Waals surface area contributed by atoms with Gasteiger partial charge in [0.25, 0.3) is 0 Å². The second-order valence-corrected chi connectivity index (χ2v) is 1.51. The first-order chi connectivity index (χ1) is 3.81. The van der Waals surface area contributed by atoms with E-state index in [0.717, 1.165) is 6.26 Å². The van der Waals surface area contributed by atoms with Crippen molar-refractivity contribution in [2.45, 2.75) is 12.5 Å². The maximum atomic E-state index is 8.70. The van der Waals surface area contributed by atoms with E-state index in [1.165, 1.54) is 6.08 Å². The Bertz CT molecular complexity index is 72.8. The van der Waals surface area contributed by atoms with Gasteiger partial charge in [0.2, 0.25) is 0 Å². The van der Waals surface area contributed by atoms with Crippen molar-refractivity contribution in [3.8, 4) is 0 Å². The van der Waals surface area contributed by atoms with E-state index in [1.54, 1.807) is 0 Å². The Balaban J connectivity index is 3.10. The van der Waals surface area contributed by atoms with Crippen LogP contribution in [0.25, 0.3) is 0 Å². The van der Waals surface area contributed by atoms with Gasteiger partial charge in [0.05, 0.1) is 12.4 Å². The van der Waals surface area contributed by atoms with Gasteiger partial charge in [-0.05, 0) is 12.5 Å². The lowest BCUT2D eigenvalue weighted by Gasteiger charge is -1.99. The number of aliphatic hydroxyl groups excluding tert-OH is 2. The Morgan fingerprint density at radius 3 is 2.62 bits per heavy atom. The van der Waals surface area contributed by atoms with E-state index in [2.05, 4.69) is 0 Å². The molecule has 0 spiro atoms. The first-order valence-electron chi connectivity index (χ1n) is 2.48. The van der Waals surface area contributed by atoms with Gasteiger partial charge in [-0.3, -0.25) is 0 Å². The Hall–Kier alpha value is -0.540. The summed E-state index contributed by atoms with van der Waals surface area (Å²) in [6.07, 6.45) is 2.27. The first-order valence-corrected chi connectivity index (χ1v) is 2.48. The zero-order valence-electron chi connectivity index (χ0n) is 4.62. The predicted molar refractivity (Wildman–Crippen MR) is 31.4 cm³/mol. The van der Waals surface area contributed by atoms with Gasteiger partial charge in [-0.2, -0.15) is 0 Å². The lowest BCUT2D eigenvalue weighted by atomic mass is 10.2. The Labute approximate surface area is 48.4 Å². The van der Waals surface area contributed by atoms with E-state index in [-0.39, 0.29) is 6.54 Å². The minimum atomic E-state index is -0.515. The monoisotopic (exact) mass is 117 g/mol. The Morgan fingerprint density at radius 2 is 2.25 bits per heavy atom. The zero-order chi connectivity index (χ0) is 6.41. The lowest BCUT2D eigenvalue weighted by molar-refractivity contribution is 0.185. The molecule has 0 aromatic heterocycles. The fraction of sp³-hybridized carbons (Fsp3) is 0.600. The molecule has 3 heteroatoms. The predicted octanol–water partition coefficient (Wildman–Crippen LogP) is -0.232. The third kappa shape index (κ3) is 3.64. The molecule has 4 N–H and O–H groups in total. The molecule has 3 nitrogen and oxygen atoms in total. The summed E-state index contributed by atoms with van der Waals surface area (Å²) in [6, 6.07) is 0. The van der Waals surface area contributed by atoms with Gasteiger partial charge in [-0.25, -0.2) is 0 Å². The molecule has 0 aromatic rings. The van der Waals surface area contributed by atoms with Crippen molar-refractivity contribution >= 4 is 0 Å². The average molecular weight is 117 g/mol. The summed E-state index contributed by atoms with van der Waals surface area (Å²) in [5.41, 5.74) is 5.05. The van der Waals surface area contributed by atoms with E-state index >= 15 is 0 Å². The average Bonchev–Trinajstić information content (AvgIpc) is 1.83. The molecule has 0 rings (SSSR count). The SMILES string of the molecule is NCC(O)CC=CO. The minimum absolute atomic E-state index is 0.240. The van der Waals surface area contributed by atoms with Crippen molar-refractivity contribution in [2.24, 2.45) is 5.73 Å². The molecule has 8 heavy (non-hydrogen) atoms. The molecule has 0 heterocycles. The molecule has 1 atom stereocenters. The van der Waals surface area contributed by atoms with Crippen LogP contribution >= 0.6 is 0 Å². The molecule has 48 valence electrons. The summed E-state index contributed by atoms with van der Waals surface area (Å²) in [6.45, 7) is 0.240. The van der Waals surface area contributed by atoms with E-state index in [9.17, 15) is 0 Å². The van der Waals surface area contributed by atoms with Crippen LogP contribution in [0.15, 0.2) is 12.3 Å². The molecule has 0 radical (unpaired) electrons. The molecular weight excluding hydrogens is 106 g/mol. The van der Waals surface area contributed by atoms with Gasteiger partial charge in [-0.1, -0.05) is 0 Å². The number of aliphatic hydroxyl groups is 2. The maximum absolute atomic E-state index is 8.70. The molecule has 0 fully saturated rings. The summed E-state index contributed by atoms with van der Waals surface area (Å²) in [5, 5.41) is 16.8. The molecule has 0 aliphatic rings. The van der Waals surface area contributed by atoms with Gasteiger partial charge < -0.3 is 15.9 Å². The first kappa shape index (κ1) is 7.46. The van der Waals surface area contributed by atoms with Crippen LogP contribution in [0.3, 0.4) is 0 Å². The van der Waals surface area contributed by atoms with Gasteiger partial charge in [0, 0.05) is 6.54 Å². The van der Waals surface area contributed by atoms with Crippen molar-refractivity contribution < 1.29 is 10.2 Å². The molecule has 0 bridgehead atoms. The van der Waals surface area contributed by atoms with Crippen LogP contribution in [0.4, 0.5) is 0 Å². The second-order valence-electron chi connectivity index (χ2n) is 1.51. The highest BCUT2D eigenvalue weighted by atomic mass is 16.3. The summed E-state index contributed by atoms with van der Waals surface area (Å²) >= 11 is 0. The standard InChI is InChI=1S/C5H11NO2/c6-4-5(8)2-1-3-7/h1,3,5,7-8H,2,4,6H2. The van der Waals surface area contributed by atoms with Crippen LogP contribution in [0.2, 0.25) is 0 Å². The van der Waals surface area contributed by atoms with E-state index in [0.29, 0.717) is 6.42 Å². The number of rotatable bonds is 3. The molecular formula is C5H11NO2. The Kier molecular flexibility index (Phi) is 4.30. The highest BCUT2D eigenvalue weighted by Gasteiger charge is 1.94. The molecule has 0 saturated carbocycles. The highest BCUT2D eigenvalue weighted by molar-refractivity contribution is 4.75. The molecule has 0 aliphatic heterocycles. The smallest absolute Gasteiger partial charge is 0.0752 e. The van der Waals surface area contributed by atoms with Crippen molar-refractivity contribution in [2.75, 3.05) is 6.54 Å². The van der Waals surface area contributed by atoms with Crippen LogP contribution in [-0.4, -0.2) is 22.9 Å². The summed E-state index contributed by atoms with van der Waals surface area (Å²) < 4.78 is 0. The van der Waals surface area contributed by atoms with E-state index < -0.39 is 6.10 Å². The summed E-state index contributed by atoms with van der Waals surface area (Å²) in [4.78, 5) is 0. The third-order valence-electron chi connectivity index (χ3n) is 0.786. The highest BCUT2D eigenvalue weighted by Crippen LogP contribution is 1.87.